The lowest BCUT2D eigenvalue weighted by molar-refractivity contribution is 0.0697. The molecule has 0 spiro atoms. The van der Waals surface area contributed by atoms with Crippen molar-refractivity contribution in [2.24, 2.45) is 0 Å². The average molecular weight is 237 g/mol. The summed E-state index contributed by atoms with van der Waals surface area (Å²) < 4.78 is 0. The van der Waals surface area contributed by atoms with E-state index in [1.54, 1.807) is 12.3 Å². The number of carboxylic acids is 1. The van der Waals surface area contributed by atoms with Gasteiger partial charge in [0.05, 0.1) is 5.69 Å². The number of nitrogens with one attached hydrogen (secondary N) is 1. The Morgan fingerprint density at radius 3 is 2.76 bits per heavy atom. The number of rotatable bonds is 7. The van der Waals surface area contributed by atoms with Gasteiger partial charge in [-0.2, -0.15) is 0 Å². The third-order valence-corrected chi connectivity index (χ3v) is 2.69. The van der Waals surface area contributed by atoms with E-state index in [-0.39, 0.29) is 5.56 Å². The first kappa shape index (κ1) is 13.4. The Morgan fingerprint density at radius 2 is 2.18 bits per heavy atom. The summed E-state index contributed by atoms with van der Waals surface area (Å²) in [5.41, 5.74) is 0.840. The molecule has 1 rings (SSSR count). The van der Waals surface area contributed by atoms with E-state index in [2.05, 4.69) is 29.0 Å². The molecule has 0 amide bonds. The molecule has 2 N–H and O–H groups in total. The normalized spacial score (nSPS) is 10.5. The van der Waals surface area contributed by atoms with E-state index >= 15 is 0 Å². The Labute approximate surface area is 101 Å². The summed E-state index contributed by atoms with van der Waals surface area (Å²) in [6, 6.07) is 1.69. The Kier molecular flexibility index (Phi) is 5.42. The van der Waals surface area contributed by atoms with Crippen LogP contribution >= 0.6 is 0 Å². The van der Waals surface area contributed by atoms with E-state index in [0.717, 1.165) is 26.2 Å². The highest BCUT2D eigenvalue weighted by atomic mass is 16.4. The van der Waals surface area contributed by atoms with Crippen LogP contribution in [0.2, 0.25) is 0 Å². The van der Waals surface area contributed by atoms with Gasteiger partial charge in [0.1, 0.15) is 5.56 Å². The van der Waals surface area contributed by atoms with Gasteiger partial charge in [-0.15, -0.1) is 0 Å². The Balaban J connectivity index is 2.54. The molecular weight excluding hydrogens is 218 g/mol. The summed E-state index contributed by atoms with van der Waals surface area (Å²) in [7, 11) is 0. The topological polar surface area (TPSA) is 65.5 Å². The van der Waals surface area contributed by atoms with Crippen LogP contribution in [0.5, 0.6) is 0 Å². The summed E-state index contributed by atoms with van der Waals surface area (Å²) in [5, 5.41) is 12.1. The molecule has 17 heavy (non-hydrogen) atoms. The van der Waals surface area contributed by atoms with Gasteiger partial charge in [0.25, 0.3) is 0 Å². The molecule has 0 aliphatic heterocycles. The fraction of sp³-hybridized carbons (Fsp3) is 0.500. The maximum absolute atomic E-state index is 10.9. The van der Waals surface area contributed by atoms with Crippen molar-refractivity contribution in [2.75, 3.05) is 31.5 Å². The minimum atomic E-state index is -0.955. The van der Waals surface area contributed by atoms with Gasteiger partial charge >= 0.3 is 5.97 Å². The molecule has 0 atom stereocenters. The second-order valence-corrected chi connectivity index (χ2v) is 3.68. The van der Waals surface area contributed by atoms with Gasteiger partial charge in [-0.25, -0.2) is 4.79 Å². The second kappa shape index (κ2) is 6.85. The van der Waals surface area contributed by atoms with Crippen LogP contribution in [0, 0.1) is 0 Å². The zero-order valence-corrected chi connectivity index (χ0v) is 10.3. The first-order valence-corrected chi connectivity index (χ1v) is 5.82. The third kappa shape index (κ3) is 4.03. The number of anilines is 1. The van der Waals surface area contributed by atoms with E-state index in [1.165, 1.54) is 6.20 Å². The number of nitrogens with zero attached hydrogens (tertiary/aromatic N) is 2. The van der Waals surface area contributed by atoms with Crippen LogP contribution in [-0.2, 0) is 0 Å². The number of likely N-dealkylation sites (N-methyl/N-ethyl adjacent to an activating group) is 1. The van der Waals surface area contributed by atoms with Crippen molar-refractivity contribution >= 4 is 11.7 Å². The third-order valence-electron chi connectivity index (χ3n) is 2.69. The molecule has 5 nitrogen and oxygen atoms in total. The van der Waals surface area contributed by atoms with Gasteiger partial charge in [0, 0.05) is 25.5 Å². The highest BCUT2D eigenvalue weighted by Gasteiger charge is 2.09. The molecule has 0 aliphatic carbocycles. The van der Waals surface area contributed by atoms with Crippen molar-refractivity contribution < 1.29 is 9.90 Å². The molecule has 0 saturated carbocycles. The maximum atomic E-state index is 10.9. The van der Waals surface area contributed by atoms with Gasteiger partial charge < -0.3 is 15.3 Å². The van der Waals surface area contributed by atoms with Gasteiger partial charge in [-0.3, -0.25) is 4.98 Å². The molecule has 0 bridgehead atoms. The van der Waals surface area contributed by atoms with Crippen LogP contribution in [-0.4, -0.2) is 47.1 Å². The average Bonchev–Trinajstić information content (AvgIpc) is 2.35. The SMILES string of the molecule is CCN(CC)CCNc1ccncc1C(=O)O. The molecule has 1 aromatic rings. The maximum Gasteiger partial charge on any atom is 0.339 e. The fourth-order valence-electron chi connectivity index (χ4n) is 1.61. The summed E-state index contributed by atoms with van der Waals surface area (Å²) in [6.07, 6.45) is 2.95. The monoisotopic (exact) mass is 237 g/mol. The predicted molar refractivity (Wildman–Crippen MR) is 67.5 cm³/mol. The molecule has 1 heterocycles. The number of hydrogen-bond donors (Lipinski definition) is 2. The molecule has 1 aromatic heterocycles. The van der Waals surface area contributed by atoms with E-state index in [1.807, 2.05) is 0 Å². The fourth-order valence-corrected chi connectivity index (χ4v) is 1.61. The predicted octanol–water partition coefficient (Wildman–Crippen LogP) is 1.53. The number of aromatic carboxylic acids is 1. The van der Waals surface area contributed by atoms with Crippen LogP contribution in [0.4, 0.5) is 5.69 Å². The van der Waals surface area contributed by atoms with Gasteiger partial charge in [-0.05, 0) is 19.2 Å². The molecule has 0 aliphatic rings. The lowest BCUT2D eigenvalue weighted by atomic mass is 10.2. The molecule has 0 unspecified atom stereocenters. The first-order valence-electron chi connectivity index (χ1n) is 5.82. The standard InChI is InChI=1S/C12H19N3O2/c1-3-15(4-2)8-7-14-11-5-6-13-9-10(11)12(16)17/h5-6,9H,3-4,7-8H2,1-2H3,(H,13,14)(H,16,17). The summed E-state index contributed by atoms with van der Waals surface area (Å²) in [5.74, 6) is -0.955. The highest BCUT2D eigenvalue weighted by Crippen LogP contribution is 2.12. The number of pyridine rings is 1. The van der Waals surface area contributed by atoms with Gasteiger partial charge in [0.15, 0.2) is 0 Å². The zero-order chi connectivity index (χ0) is 12.7. The zero-order valence-electron chi connectivity index (χ0n) is 10.3. The van der Waals surface area contributed by atoms with Crippen LogP contribution in [0.15, 0.2) is 18.5 Å². The second-order valence-electron chi connectivity index (χ2n) is 3.68. The van der Waals surface area contributed by atoms with E-state index in [9.17, 15) is 4.79 Å². The number of carbonyl (C=O) groups is 1. The molecule has 0 saturated heterocycles. The summed E-state index contributed by atoms with van der Waals surface area (Å²) in [6.45, 7) is 7.85. The number of hydrogen-bond acceptors (Lipinski definition) is 4. The molecule has 0 radical (unpaired) electrons. The lowest BCUT2D eigenvalue weighted by Crippen LogP contribution is -2.28. The quantitative estimate of drug-likeness (QED) is 0.753. The molecular formula is C12H19N3O2. The van der Waals surface area contributed by atoms with Crippen LogP contribution in [0.25, 0.3) is 0 Å². The van der Waals surface area contributed by atoms with Crippen molar-refractivity contribution in [3.8, 4) is 0 Å². The van der Waals surface area contributed by atoms with Crippen LogP contribution in [0.1, 0.15) is 24.2 Å². The Hall–Kier alpha value is -1.62. The van der Waals surface area contributed by atoms with Crippen molar-refractivity contribution in [1.29, 1.82) is 0 Å². The lowest BCUT2D eigenvalue weighted by Gasteiger charge is -2.18. The van der Waals surface area contributed by atoms with E-state index in [0.29, 0.717) is 5.69 Å². The molecule has 5 heteroatoms. The van der Waals surface area contributed by atoms with Crippen molar-refractivity contribution in [2.45, 2.75) is 13.8 Å². The van der Waals surface area contributed by atoms with Crippen molar-refractivity contribution in [3.05, 3.63) is 24.0 Å². The summed E-state index contributed by atoms with van der Waals surface area (Å²) in [4.78, 5) is 17.0. The minimum Gasteiger partial charge on any atom is -0.478 e. The highest BCUT2D eigenvalue weighted by molar-refractivity contribution is 5.93. The smallest absolute Gasteiger partial charge is 0.339 e. The summed E-state index contributed by atoms with van der Waals surface area (Å²) >= 11 is 0. The van der Waals surface area contributed by atoms with Crippen molar-refractivity contribution in [1.82, 2.24) is 9.88 Å². The molecule has 0 fully saturated rings. The van der Waals surface area contributed by atoms with Gasteiger partial charge in [0.2, 0.25) is 0 Å². The number of aromatic nitrogens is 1. The Bertz CT molecular complexity index is 365. The largest absolute Gasteiger partial charge is 0.478 e. The van der Waals surface area contributed by atoms with Crippen LogP contribution < -0.4 is 5.32 Å². The van der Waals surface area contributed by atoms with E-state index in [4.69, 9.17) is 5.11 Å². The minimum absolute atomic E-state index is 0.215. The number of carboxylic acid groups (broad SMARTS) is 1. The van der Waals surface area contributed by atoms with E-state index < -0.39 is 5.97 Å². The Morgan fingerprint density at radius 1 is 1.47 bits per heavy atom. The van der Waals surface area contributed by atoms with Crippen molar-refractivity contribution in [3.63, 3.8) is 0 Å². The van der Waals surface area contributed by atoms with Gasteiger partial charge in [-0.1, -0.05) is 13.8 Å². The van der Waals surface area contributed by atoms with Crippen LogP contribution in [0.3, 0.4) is 0 Å². The molecule has 94 valence electrons. The first-order chi connectivity index (χ1) is 8.19. The molecule has 0 aromatic carbocycles.